The van der Waals surface area contributed by atoms with E-state index in [1.165, 1.54) is 5.56 Å². The second-order valence-electron chi connectivity index (χ2n) is 10.0. The van der Waals surface area contributed by atoms with E-state index in [1.807, 2.05) is 49.9 Å². The molecule has 1 aliphatic rings. The Kier molecular flexibility index (Phi) is 7.47. The molecule has 0 spiro atoms. The summed E-state index contributed by atoms with van der Waals surface area (Å²) < 4.78 is 5.71. The number of likely N-dealkylation sites (tertiary alicyclic amines) is 1. The summed E-state index contributed by atoms with van der Waals surface area (Å²) in [4.78, 5) is 17.2. The number of amides is 1. The number of ether oxygens (including phenoxy) is 1. The van der Waals surface area contributed by atoms with Gasteiger partial charge in [-0.1, -0.05) is 60.1 Å². The fraction of sp³-hybridized carbons (Fsp3) is 0.345. The van der Waals surface area contributed by atoms with Crippen molar-refractivity contribution in [2.24, 2.45) is 11.8 Å². The molecular formula is C29H33ClN2O2. The maximum absolute atomic E-state index is 12.9. The number of anilines is 2. The molecule has 1 fully saturated rings. The first-order chi connectivity index (χ1) is 16.3. The lowest BCUT2D eigenvalue weighted by molar-refractivity contribution is 0.0284. The summed E-state index contributed by atoms with van der Waals surface area (Å²) in [5, 5.41) is 0.718. The second-order valence-corrected chi connectivity index (χ2v) is 10.5. The monoisotopic (exact) mass is 476 g/mol. The number of rotatable bonds is 6. The number of carbonyl (C=O) groups excluding carboxylic acids is 1. The molecule has 34 heavy (non-hydrogen) atoms. The van der Waals surface area contributed by atoms with Crippen LogP contribution < -0.4 is 4.90 Å². The fourth-order valence-corrected chi connectivity index (χ4v) is 4.72. The van der Waals surface area contributed by atoms with Crippen molar-refractivity contribution in [2.75, 3.05) is 24.5 Å². The van der Waals surface area contributed by atoms with E-state index in [0.29, 0.717) is 19.0 Å². The van der Waals surface area contributed by atoms with Gasteiger partial charge in [0.05, 0.1) is 0 Å². The molecule has 5 heteroatoms. The Morgan fingerprint density at radius 1 is 0.882 bits per heavy atom. The summed E-state index contributed by atoms with van der Waals surface area (Å²) >= 11 is 6.18. The predicted molar refractivity (Wildman–Crippen MR) is 140 cm³/mol. The lowest BCUT2D eigenvalue weighted by Gasteiger charge is -2.30. The number of nitrogens with zero attached hydrogens (tertiary/aromatic N) is 2. The Morgan fingerprint density at radius 2 is 1.44 bits per heavy atom. The van der Waals surface area contributed by atoms with Crippen molar-refractivity contribution < 1.29 is 9.53 Å². The Hall–Kier alpha value is -2.98. The van der Waals surface area contributed by atoms with Gasteiger partial charge in [0, 0.05) is 36.0 Å². The van der Waals surface area contributed by atoms with Crippen molar-refractivity contribution >= 4 is 29.1 Å². The molecule has 3 aromatic rings. The zero-order valence-corrected chi connectivity index (χ0v) is 20.9. The van der Waals surface area contributed by atoms with Crippen molar-refractivity contribution in [2.45, 2.75) is 32.8 Å². The average Bonchev–Trinajstić information content (AvgIpc) is 3.21. The summed E-state index contributed by atoms with van der Waals surface area (Å²) in [6, 6.07) is 28.9. The van der Waals surface area contributed by atoms with Gasteiger partial charge in [-0.15, -0.1) is 0 Å². The smallest absolute Gasteiger partial charge is 0.410 e. The summed E-state index contributed by atoms with van der Waals surface area (Å²) in [6.07, 6.45) is 0.694. The third kappa shape index (κ3) is 6.32. The van der Waals surface area contributed by atoms with E-state index in [4.69, 9.17) is 16.3 Å². The highest BCUT2D eigenvalue weighted by Gasteiger charge is 2.38. The van der Waals surface area contributed by atoms with Crippen LogP contribution in [0.4, 0.5) is 16.2 Å². The molecule has 1 aliphatic heterocycles. The van der Waals surface area contributed by atoms with Gasteiger partial charge in [-0.3, -0.25) is 0 Å². The lowest BCUT2D eigenvalue weighted by Crippen LogP contribution is -2.36. The molecule has 0 radical (unpaired) electrons. The van der Waals surface area contributed by atoms with Crippen LogP contribution in [-0.4, -0.2) is 36.2 Å². The first-order valence-corrected chi connectivity index (χ1v) is 12.3. The van der Waals surface area contributed by atoms with Crippen molar-refractivity contribution in [3.05, 3.63) is 95.5 Å². The van der Waals surface area contributed by atoms with Crippen LogP contribution in [0.1, 0.15) is 26.3 Å². The summed E-state index contributed by atoms with van der Waals surface area (Å²) in [5.41, 5.74) is 2.99. The maximum Gasteiger partial charge on any atom is 0.410 e. The zero-order chi connectivity index (χ0) is 24.1. The van der Waals surface area contributed by atoms with Crippen LogP contribution in [0.5, 0.6) is 0 Å². The van der Waals surface area contributed by atoms with Gasteiger partial charge >= 0.3 is 6.09 Å². The van der Waals surface area contributed by atoms with Crippen molar-refractivity contribution in [1.29, 1.82) is 0 Å². The van der Waals surface area contributed by atoms with E-state index >= 15 is 0 Å². The quantitative estimate of drug-likeness (QED) is 0.377. The number of halogens is 1. The van der Waals surface area contributed by atoms with E-state index < -0.39 is 5.60 Å². The molecule has 4 nitrogen and oxygen atoms in total. The van der Waals surface area contributed by atoms with Gasteiger partial charge in [0.1, 0.15) is 5.60 Å². The van der Waals surface area contributed by atoms with Crippen LogP contribution in [0.15, 0.2) is 84.9 Å². The van der Waals surface area contributed by atoms with Gasteiger partial charge in [0.25, 0.3) is 0 Å². The maximum atomic E-state index is 12.9. The van der Waals surface area contributed by atoms with Gasteiger partial charge in [-0.2, -0.15) is 0 Å². The lowest BCUT2D eigenvalue weighted by atomic mass is 9.89. The van der Waals surface area contributed by atoms with E-state index in [1.54, 1.807) is 0 Å². The van der Waals surface area contributed by atoms with Gasteiger partial charge in [0.2, 0.25) is 0 Å². The van der Waals surface area contributed by atoms with E-state index in [-0.39, 0.29) is 12.0 Å². The van der Waals surface area contributed by atoms with Crippen LogP contribution in [0.2, 0.25) is 5.02 Å². The summed E-state index contributed by atoms with van der Waals surface area (Å²) in [5.74, 6) is 0.608. The molecule has 0 bridgehead atoms. The van der Waals surface area contributed by atoms with Crippen LogP contribution in [0, 0.1) is 11.8 Å². The van der Waals surface area contributed by atoms with Crippen LogP contribution in [-0.2, 0) is 11.2 Å². The van der Waals surface area contributed by atoms with E-state index in [2.05, 4.69) is 65.6 Å². The molecule has 2 atom stereocenters. The predicted octanol–water partition coefficient (Wildman–Crippen LogP) is 7.20. The number of hydrogen-bond donors (Lipinski definition) is 0. The van der Waals surface area contributed by atoms with Crippen LogP contribution in [0.3, 0.4) is 0 Å². The van der Waals surface area contributed by atoms with E-state index in [9.17, 15) is 4.79 Å². The number of hydrogen-bond acceptors (Lipinski definition) is 3. The summed E-state index contributed by atoms with van der Waals surface area (Å²) in [7, 11) is 0. The highest BCUT2D eigenvalue weighted by atomic mass is 35.5. The zero-order valence-electron chi connectivity index (χ0n) is 20.2. The molecule has 4 rings (SSSR count). The van der Waals surface area contributed by atoms with Gasteiger partial charge in [-0.25, -0.2) is 4.79 Å². The third-order valence-corrected chi connectivity index (χ3v) is 6.44. The van der Waals surface area contributed by atoms with Crippen LogP contribution >= 0.6 is 11.6 Å². The molecular weight excluding hydrogens is 444 g/mol. The average molecular weight is 477 g/mol. The normalized spacial score (nSPS) is 18.1. The first-order valence-electron chi connectivity index (χ1n) is 11.9. The number of para-hydroxylation sites is 1. The molecule has 178 valence electrons. The SMILES string of the molecule is CC(C)(C)OC(=O)N1C[C@@H](Cc2ccccc2)[C@H](CN(c2ccccc2)c2ccc(Cl)cc2)C1. The molecule has 1 saturated heterocycles. The topological polar surface area (TPSA) is 32.8 Å². The fourth-order valence-electron chi connectivity index (χ4n) is 4.59. The second kappa shape index (κ2) is 10.5. The highest BCUT2D eigenvalue weighted by Crippen LogP contribution is 2.34. The molecule has 3 aromatic carbocycles. The van der Waals surface area contributed by atoms with Crippen molar-refractivity contribution in [1.82, 2.24) is 4.90 Å². The molecule has 1 heterocycles. The minimum Gasteiger partial charge on any atom is -0.444 e. The summed E-state index contributed by atoms with van der Waals surface area (Å²) in [6.45, 7) is 7.90. The molecule has 0 N–H and O–H groups in total. The Balaban J connectivity index is 1.61. The minimum absolute atomic E-state index is 0.231. The number of benzene rings is 3. The molecule has 0 saturated carbocycles. The standard InChI is InChI=1S/C29H33ClN2O2/c1-29(2,3)34-28(33)31-19-23(18-22-10-6-4-7-11-22)24(20-31)21-32(26-12-8-5-9-13-26)27-16-14-25(30)15-17-27/h4-17,23-24H,18-21H2,1-3H3/t23-,24+/m1/s1. The van der Waals surface area contributed by atoms with E-state index in [0.717, 1.165) is 29.4 Å². The Labute approximate surface area is 208 Å². The first kappa shape index (κ1) is 24.2. The van der Waals surface area contributed by atoms with Crippen LogP contribution in [0.25, 0.3) is 0 Å². The minimum atomic E-state index is -0.510. The Morgan fingerprint density at radius 3 is 2.06 bits per heavy atom. The highest BCUT2D eigenvalue weighted by molar-refractivity contribution is 6.30. The number of carbonyl (C=O) groups is 1. The van der Waals surface area contributed by atoms with Gasteiger partial charge in [-0.05, 0) is 81.0 Å². The van der Waals surface area contributed by atoms with Gasteiger partial charge < -0.3 is 14.5 Å². The molecule has 0 aromatic heterocycles. The molecule has 0 aliphatic carbocycles. The van der Waals surface area contributed by atoms with Gasteiger partial charge in [0.15, 0.2) is 0 Å². The Bertz CT molecular complexity index is 1060. The molecule has 0 unspecified atom stereocenters. The van der Waals surface area contributed by atoms with Crippen molar-refractivity contribution in [3.63, 3.8) is 0 Å². The molecule has 1 amide bonds. The third-order valence-electron chi connectivity index (χ3n) is 6.19. The largest absolute Gasteiger partial charge is 0.444 e. The van der Waals surface area contributed by atoms with Crippen molar-refractivity contribution in [3.8, 4) is 0 Å².